The zero-order chi connectivity index (χ0) is 14.2. The van der Waals surface area contributed by atoms with Crippen LogP contribution in [0.1, 0.15) is 17.5 Å². The summed E-state index contributed by atoms with van der Waals surface area (Å²) in [5, 5.41) is 9.61. The molecule has 0 fully saturated rings. The summed E-state index contributed by atoms with van der Waals surface area (Å²) in [6, 6.07) is 15.2. The fourth-order valence-corrected chi connectivity index (χ4v) is 1.82. The molecule has 0 amide bonds. The Morgan fingerprint density at radius 2 is 1.65 bits per heavy atom. The molecule has 0 aromatic heterocycles. The maximum atomic E-state index is 9.61. The summed E-state index contributed by atoms with van der Waals surface area (Å²) in [4.78, 5) is 0. The van der Waals surface area contributed by atoms with Crippen molar-refractivity contribution in [3.05, 3.63) is 71.8 Å². The molecule has 2 aromatic carbocycles. The molecule has 1 N–H and O–H groups in total. The zero-order valence-corrected chi connectivity index (χ0v) is 11.5. The molecule has 20 heavy (non-hydrogen) atoms. The van der Waals surface area contributed by atoms with Crippen LogP contribution in [0.5, 0.6) is 11.5 Å². The van der Waals surface area contributed by atoms with Gasteiger partial charge < -0.3 is 9.84 Å². The number of ether oxygens (including phenoxy) is 1. The Balaban J connectivity index is 1.88. The molecule has 0 saturated heterocycles. The molecule has 0 aliphatic carbocycles. The summed E-state index contributed by atoms with van der Waals surface area (Å²) in [5.74, 6) is 1.17. The Morgan fingerprint density at radius 3 is 2.35 bits per heavy atom. The maximum absolute atomic E-state index is 9.61. The van der Waals surface area contributed by atoms with Crippen molar-refractivity contribution in [1.29, 1.82) is 0 Å². The first kappa shape index (κ1) is 13.9. The van der Waals surface area contributed by atoms with E-state index in [1.807, 2.05) is 54.6 Å². The quantitative estimate of drug-likeness (QED) is 0.862. The third-order valence-electron chi connectivity index (χ3n) is 2.93. The van der Waals surface area contributed by atoms with Crippen molar-refractivity contribution in [2.75, 3.05) is 7.11 Å². The number of phenols is 1. The molecule has 0 spiro atoms. The molecule has 0 aliphatic heterocycles. The standard InChI is InChI=1S/C18H18O2/c1-20-17-13-11-15(12-14-17)7-3-2-4-8-16-9-5-6-10-18(16)19/h3-14,19H,2H2,1H3. The number of para-hydroxylation sites is 1. The largest absolute Gasteiger partial charge is 0.507 e. The van der Waals surface area contributed by atoms with Gasteiger partial charge in [0.25, 0.3) is 0 Å². The number of allylic oxidation sites excluding steroid dienone is 2. The minimum Gasteiger partial charge on any atom is -0.507 e. The lowest BCUT2D eigenvalue weighted by atomic mass is 10.1. The first-order chi connectivity index (χ1) is 9.79. The smallest absolute Gasteiger partial charge is 0.122 e. The highest BCUT2D eigenvalue weighted by atomic mass is 16.5. The average molecular weight is 266 g/mol. The van der Waals surface area contributed by atoms with Gasteiger partial charge in [-0.25, -0.2) is 0 Å². The Morgan fingerprint density at radius 1 is 0.950 bits per heavy atom. The number of aromatic hydroxyl groups is 1. The summed E-state index contributed by atoms with van der Waals surface area (Å²) in [6.07, 6.45) is 8.91. The molecule has 0 saturated carbocycles. The molecule has 0 heterocycles. The van der Waals surface area contributed by atoms with Crippen LogP contribution in [0.3, 0.4) is 0 Å². The van der Waals surface area contributed by atoms with Crippen molar-refractivity contribution in [2.45, 2.75) is 6.42 Å². The minimum absolute atomic E-state index is 0.308. The fraction of sp³-hybridized carbons (Fsp3) is 0.111. The van der Waals surface area contributed by atoms with Gasteiger partial charge >= 0.3 is 0 Å². The molecular formula is C18H18O2. The predicted octanol–water partition coefficient (Wildman–Crippen LogP) is 4.52. The Labute approximate surface area is 119 Å². The van der Waals surface area contributed by atoms with E-state index in [2.05, 4.69) is 12.2 Å². The van der Waals surface area contributed by atoms with Crippen LogP contribution in [0.15, 0.2) is 60.7 Å². The lowest BCUT2D eigenvalue weighted by Gasteiger charge is -1.98. The first-order valence-corrected chi connectivity index (χ1v) is 6.55. The number of hydrogen-bond donors (Lipinski definition) is 1. The van der Waals surface area contributed by atoms with Crippen molar-refractivity contribution in [1.82, 2.24) is 0 Å². The van der Waals surface area contributed by atoms with E-state index >= 15 is 0 Å². The van der Waals surface area contributed by atoms with Crippen LogP contribution >= 0.6 is 0 Å². The fourth-order valence-electron chi connectivity index (χ4n) is 1.82. The summed E-state index contributed by atoms with van der Waals surface area (Å²) >= 11 is 0. The minimum atomic E-state index is 0.308. The van der Waals surface area contributed by atoms with Crippen molar-refractivity contribution in [3.8, 4) is 11.5 Å². The van der Waals surface area contributed by atoms with E-state index in [0.29, 0.717) is 5.75 Å². The summed E-state index contributed by atoms with van der Waals surface area (Å²) in [5.41, 5.74) is 1.98. The van der Waals surface area contributed by atoms with Crippen LogP contribution < -0.4 is 4.74 Å². The van der Waals surface area contributed by atoms with E-state index in [0.717, 1.165) is 23.3 Å². The van der Waals surface area contributed by atoms with Gasteiger partial charge in [-0.15, -0.1) is 0 Å². The molecule has 2 heteroatoms. The SMILES string of the molecule is COc1ccc(C=CCC=Cc2ccccc2O)cc1. The van der Waals surface area contributed by atoms with Crippen LogP contribution in [-0.2, 0) is 0 Å². The molecule has 0 aliphatic rings. The summed E-state index contributed by atoms with van der Waals surface area (Å²) in [7, 11) is 1.66. The maximum Gasteiger partial charge on any atom is 0.122 e. The highest BCUT2D eigenvalue weighted by molar-refractivity contribution is 5.57. The van der Waals surface area contributed by atoms with Crippen LogP contribution in [0.4, 0.5) is 0 Å². The first-order valence-electron chi connectivity index (χ1n) is 6.55. The van der Waals surface area contributed by atoms with Crippen molar-refractivity contribution < 1.29 is 9.84 Å². The highest BCUT2D eigenvalue weighted by Gasteiger charge is 1.92. The van der Waals surface area contributed by atoms with E-state index < -0.39 is 0 Å². The van der Waals surface area contributed by atoms with Gasteiger partial charge in [0.05, 0.1) is 7.11 Å². The third kappa shape index (κ3) is 4.02. The highest BCUT2D eigenvalue weighted by Crippen LogP contribution is 2.17. The van der Waals surface area contributed by atoms with Gasteiger partial charge in [0.2, 0.25) is 0 Å². The third-order valence-corrected chi connectivity index (χ3v) is 2.93. The predicted molar refractivity (Wildman–Crippen MR) is 83.8 cm³/mol. The van der Waals surface area contributed by atoms with Gasteiger partial charge in [-0.2, -0.15) is 0 Å². The van der Waals surface area contributed by atoms with Gasteiger partial charge in [-0.05, 0) is 30.2 Å². The summed E-state index contributed by atoms with van der Waals surface area (Å²) < 4.78 is 5.11. The molecule has 2 rings (SSSR count). The van der Waals surface area contributed by atoms with Crippen LogP contribution in [0, 0.1) is 0 Å². The van der Waals surface area contributed by atoms with Crippen molar-refractivity contribution >= 4 is 12.2 Å². The average Bonchev–Trinajstić information content (AvgIpc) is 2.49. The second-order valence-electron chi connectivity index (χ2n) is 4.37. The number of rotatable bonds is 5. The molecule has 0 radical (unpaired) electrons. The Kier molecular flexibility index (Phi) is 5.01. The molecule has 2 nitrogen and oxygen atoms in total. The van der Waals surface area contributed by atoms with Crippen LogP contribution in [-0.4, -0.2) is 12.2 Å². The Bertz CT molecular complexity index is 595. The van der Waals surface area contributed by atoms with E-state index in [1.54, 1.807) is 13.2 Å². The monoisotopic (exact) mass is 266 g/mol. The van der Waals surface area contributed by atoms with Gasteiger partial charge in [-0.1, -0.05) is 54.6 Å². The van der Waals surface area contributed by atoms with Gasteiger partial charge in [0.1, 0.15) is 11.5 Å². The number of hydrogen-bond acceptors (Lipinski definition) is 2. The van der Waals surface area contributed by atoms with E-state index in [9.17, 15) is 5.11 Å². The van der Waals surface area contributed by atoms with Gasteiger partial charge in [-0.3, -0.25) is 0 Å². The number of phenolic OH excluding ortho intramolecular Hbond substituents is 1. The van der Waals surface area contributed by atoms with E-state index in [-0.39, 0.29) is 0 Å². The molecule has 102 valence electrons. The normalized spacial score (nSPS) is 11.2. The topological polar surface area (TPSA) is 29.5 Å². The second kappa shape index (κ2) is 7.19. The van der Waals surface area contributed by atoms with E-state index in [1.165, 1.54) is 0 Å². The van der Waals surface area contributed by atoms with Crippen molar-refractivity contribution in [2.24, 2.45) is 0 Å². The lowest BCUT2D eigenvalue weighted by Crippen LogP contribution is -1.81. The van der Waals surface area contributed by atoms with E-state index in [4.69, 9.17) is 4.74 Å². The Hall–Kier alpha value is -2.48. The second-order valence-corrected chi connectivity index (χ2v) is 4.37. The molecule has 0 unspecified atom stereocenters. The molecule has 0 bridgehead atoms. The van der Waals surface area contributed by atoms with Gasteiger partial charge in [0, 0.05) is 5.56 Å². The van der Waals surface area contributed by atoms with Crippen molar-refractivity contribution in [3.63, 3.8) is 0 Å². The number of benzene rings is 2. The van der Waals surface area contributed by atoms with Crippen LogP contribution in [0.25, 0.3) is 12.2 Å². The zero-order valence-electron chi connectivity index (χ0n) is 11.5. The van der Waals surface area contributed by atoms with Crippen LogP contribution in [0.2, 0.25) is 0 Å². The summed E-state index contributed by atoms with van der Waals surface area (Å²) in [6.45, 7) is 0. The lowest BCUT2D eigenvalue weighted by molar-refractivity contribution is 0.415. The number of methoxy groups -OCH3 is 1. The van der Waals surface area contributed by atoms with Gasteiger partial charge in [0.15, 0.2) is 0 Å². The molecule has 2 aromatic rings. The molecule has 0 atom stereocenters. The molecular weight excluding hydrogens is 248 g/mol.